The summed E-state index contributed by atoms with van der Waals surface area (Å²) in [5.74, 6) is -2.38. The molecule has 0 spiro atoms. The van der Waals surface area contributed by atoms with Crippen molar-refractivity contribution in [2.24, 2.45) is 5.92 Å². The van der Waals surface area contributed by atoms with Gasteiger partial charge in [-0.2, -0.15) is 28.4 Å². The lowest BCUT2D eigenvalue weighted by atomic mass is 9.81. The number of anilines is 2. The van der Waals surface area contributed by atoms with Gasteiger partial charge in [0.25, 0.3) is 0 Å². The van der Waals surface area contributed by atoms with Gasteiger partial charge >= 0.3 is 12.2 Å². The van der Waals surface area contributed by atoms with Gasteiger partial charge in [0, 0.05) is 35.5 Å². The Balaban J connectivity index is 1.39. The molecular formula is C29H25F6N7OS. The first-order valence-electron chi connectivity index (χ1n) is 14.1. The van der Waals surface area contributed by atoms with Crippen LogP contribution >= 0.6 is 11.3 Å². The second kappa shape index (κ2) is 10.3. The zero-order chi connectivity index (χ0) is 31.0. The molecule has 2 atom stereocenters. The molecule has 2 saturated heterocycles. The number of alkyl halides is 4. The maximum absolute atomic E-state index is 16.6. The van der Waals surface area contributed by atoms with Gasteiger partial charge in [-0.05, 0) is 50.4 Å². The summed E-state index contributed by atoms with van der Waals surface area (Å²) in [6.45, 7) is 1.01. The first-order valence-corrected chi connectivity index (χ1v) is 14.9. The van der Waals surface area contributed by atoms with E-state index in [0.717, 1.165) is 36.0 Å². The topological polar surface area (TPSA) is 113 Å². The number of benzene rings is 2. The number of thiazole rings is 1. The molecule has 44 heavy (non-hydrogen) atoms. The zero-order valence-electron chi connectivity index (χ0n) is 23.0. The van der Waals surface area contributed by atoms with E-state index in [4.69, 9.17) is 10.5 Å². The van der Waals surface area contributed by atoms with E-state index in [1.165, 1.54) is 0 Å². The summed E-state index contributed by atoms with van der Waals surface area (Å²) in [5, 5.41) is 11.9. The molecule has 15 heteroatoms. The van der Waals surface area contributed by atoms with Gasteiger partial charge in [0.05, 0.1) is 33.3 Å². The SMILES string of the molecule is N#C[C@H]1C[C@@H](Nc2nc(OC[C@@]34CCCN3C[C@H](F)C4)nc3c(F)c(-c4ccc(F)c5sc(N)nc45)c(C(F)(F)F)cc23)C1. The summed E-state index contributed by atoms with van der Waals surface area (Å²) in [6, 6.07) is 4.30. The molecule has 4 heterocycles. The molecule has 0 unspecified atom stereocenters. The van der Waals surface area contributed by atoms with Crippen LogP contribution < -0.4 is 15.8 Å². The maximum atomic E-state index is 16.6. The first-order chi connectivity index (χ1) is 21.0. The predicted octanol–water partition coefficient (Wildman–Crippen LogP) is 6.45. The van der Waals surface area contributed by atoms with Crippen molar-refractivity contribution < 1.29 is 31.1 Å². The Hall–Kier alpha value is -3.90. The Kier molecular flexibility index (Phi) is 6.78. The number of nitrogens with zero attached hydrogens (tertiary/aromatic N) is 5. The minimum Gasteiger partial charge on any atom is -0.461 e. The number of rotatable bonds is 6. The summed E-state index contributed by atoms with van der Waals surface area (Å²) < 4.78 is 95.0. The fourth-order valence-corrected chi connectivity index (χ4v) is 7.51. The van der Waals surface area contributed by atoms with Crippen LogP contribution in [0.25, 0.3) is 32.2 Å². The Morgan fingerprint density at radius 1 is 1.18 bits per heavy atom. The third-order valence-corrected chi connectivity index (χ3v) is 9.78. The van der Waals surface area contributed by atoms with Gasteiger partial charge in [0.1, 0.15) is 29.9 Å². The Bertz CT molecular complexity index is 1840. The van der Waals surface area contributed by atoms with Crippen LogP contribution in [0.3, 0.4) is 0 Å². The predicted molar refractivity (Wildman–Crippen MR) is 152 cm³/mol. The Morgan fingerprint density at radius 3 is 2.73 bits per heavy atom. The van der Waals surface area contributed by atoms with Crippen LogP contribution in [0.4, 0.5) is 37.3 Å². The number of hydrogen-bond donors (Lipinski definition) is 2. The normalized spacial score (nSPS) is 25.2. The molecule has 3 fully saturated rings. The Morgan fingerprint density at radius 2 is 1.98 bits per heavy atom. The smallest absolute Gasteiger partial charge is 0.417 e. The van der Waals surface area contributed by atoms with Crippen LogP contribution in [-0.4, -0.2) is 57.3 Å². The molecule has 1 aliphatic carbocycles. The molecule has 0 amide bonds. The van der Waals surface area contributed by atoms with Crippen LogP contribution in [0.1, 0.15) is 37.7 Å². The highest BCUT2D eigenvalue weighted by Crippen LogP contribution is 2.46. The molecule has 0 bridgehead atoms. The molecule has 4 aromatic rings. The summed E-state index contributed by atoms with van der Waals surface area (Å²) in [7, 11) is 0. The average molecular weight is 634 g/mol. The van der Waals surface area contributed by atoms with E-state index in [0.29, 0.717) is 25.8 Å². The molecule has 0 radical (unpaired) electrons. The summed E-state index contributed by atoms with van der Waals surface area (Å²) >= 11 is 0.737. The van der Waals surface area contributed by atoms with E-state index in [1.807, 2.05) is 4.90 Å². The van der Waals surface area contributed by atoms with Gasteiger partial charge in [-0.25, -0.2) is 18.2 Å². The van der Waals surface area contributed by atoms with Gasteiger partial charge < -0.3 is 15.8 Å². The molecule has 8 nitrogen and oxygen atoms in total. The van der Waals surface area contributed by atoms with Gasteiger partial charge in [-0.1, -0.05) is 11.3 Å². The third-order valence-electron chi connectivity index (χ3n) is 8.89. The van der Waals surface area contributed by atoms with Crippen molar-refractivity contribution in [1.29, 1.82) is 5.26 Å². The number of nitrogen functional groups attached to an aromatic ring is 1. The quantitative estimate of drug-likeness (QED) is 0.233. The van der Waals surface area contributed by atoms with Crippen LogP contribution in [0.5, 0.6) is 6.01 Å². The van der Waals surface area contributed by atoms with E-state index >= 15 is 4.39 Å². The monoisotopic (exact) mass is 633 g/mol. The number of aromatic nitrogens is 3. The number of fused-ring (bicyclic) bond motifs is 3. The standard InChI is InChI=1S/C29H25F6N7OS/c30-14-9-28(4-1-5-42(28)11-14)12-43-27-40-22-17(25(41-27)38-15-6-13(7-15)10-36)8-18(29(33,34)35)20(21(22)32)16-2-3-19(31)24-23(16)39-26(37)44-24/h2-3,8,13-15H,1,4-7,9,11-12H2,(H2,37,39)(H,38,40,41)/t13-,14-,15+,28+/m1/s1. The third kappa shape index (κ3) is 4.75. The highest BCUT2D eigenvalue weighted by Gasteiger charge is 2.49. The van der Waals surface area contributed by atoms with Gasteiger partial charge in [-0.3, -0.25) is 4.90 Å². The van der Waals surface area contributed by atoms with Crippen LogP contribution in [-0.2, 0) is 6.18 Å². The van der Waals surface area contributed by atoms with Crippen LogP contribution in [0, 0.1) is 28.9 Å². The van der Waals surface area contributed by atoms with E-state index in [-0.39, 0.29) is 69.7 Å². The Labute approximate surface area is 250 Å². The maximum Gasteiger partial charge on any atom is 0.417 e. The number of hydrogen-bond acceptors (Lipinski definition) is 9. The molecule has 2 aromatic heterocycles. The molecule has 3 aliphatic rings. The largest absolute Gasteiger partial charge is 0.461 e. The van der Waals surface area contributed by atoms with Crippen LogP contribution in [0.2, 0.25) is 0 Å². The molecule has 3 N–H and O–H groups in total. The van der Waals surface area contributed by atoms with Gasteiger partial charge in [0.15, 0.2) is 10.9 Å². The van der Waals surface area contributed by atoms with Gasteiger partial charge in [0.2, 0.25) is 0 Å². The van der Waals surface area contributed by atoms with Gasteiger partial charge in [-0.15, -0.1) is 0 Å². The van der Waals surface area contributed by atoms with E-state index < -0.39 is 46.2 Å². The second-order valence-corrected chi connectivity index (χ2v) is 12.7. The second-order valence-electron chi connectivity index (χ2n) is 11.7. The van der Waals surface area contributed by atoms with Crippen molar-refractivity contribution in [3.8, 4) is 23.2 Å². The summed E-state index contributed by atoms with van der Waals surface area (Å²) in [5.41, 5.74) is 2.02. The average Bonchev–Trinajstić information content (AvgIpc) is 3.61. The first kappa shape index (κ1) is 28.8. The van der Waals surface area contributed by atoms with Crippen molar-refractivity contribution in [1.82, 2.24) is 19.9 Å². The van der Waals surface area contributed by atoms with E-state index in [9.17, 15) is 27.2 Å². The van der Waals surface area contributed by atoms with E-state index in [1.54, 1.807) is 0 Å². The lowest BCUT2D eigenvalue weighted by Crippen LogP contribution is -2.43. The number of halogens is 6. The molecule has 7 rings (SSSR count). The molecular weight excluding hydrogens is 608 g/mol. The lowest BCUT2D eigenvalue weighted by molar-refractivity contribution is -0.137. The molecule has 2 aromatic carbocycles. The number of nitriles is 1. The van der Waals surface area contributed by atoms with E-state index in [2.05, 4.69) is 26.3 Å². The van der Waals surface area contributed by atoms with Crippen molar-refractivity contribution in [2.75, 3.05) is 30.7 Å². The minimum atomic E-state index is -5.03. The fourth-order valence-electron chi connectivity index (χ4n) is 6.74. The molecule has 1 saturated carbocycles. The highest BCUT2D eigenvalue weighted by atomic mass is 32.1. The number of nitrogens with two attached hydrogens (primary N) is 1. The van der Waals surface area contributed by atoms with Crippen molar-refractivity contribution in [3.63, 3.8) is 0 Å². The number of ether oxygens (including phenoxy) is 1. The minimum absolute atomic E-state index is 0.0180. The number of nitrogens with one attached hydrogen (secondary N) is 1. The molecule has 230 valence electrons. The summed E-state index contributed by atoms with van der Waals surface area (Å²) in [4.78, 5) is 14.6. The fraction of sp³-hybridized carbons (Fsp3) is 0.448. The summed E-state index contributed by atoms with van der Waals surface area (Å²) in [6.07, 6.45) is -3.39. The van der Waals surface area contributed by atoms with Crippen molar-refractivity contribution >= 4 is 43.4 Å². The lowest BCUT2D eigenvalue weighted by Gasteiger charge is -2.32. The van der Waals surface area contributed by atoms with Crippen molar-refractivity contribution in [3.05, 3.63) is 35.4 Å². The zero-order valence-corrected chi connectivity index (χ0v) is 23.8. The highest BCUT2D eigenvalue weighted by molar-refractivity contribution is 7.22. The van der Waals surface area contributed by atoms with Crippen molar-refractivity contribution in [2.45, 2.75) is 56.0 Å². The van der Waals surface area contributed by atoms with Crippen LogP contribution in [0.15, 0.2) is 18.2 Å². The molecule has 2 aliphatic heterocycles.